The van der Waals surface area contributed by atoms with Gasteiger partial charge in [0.1, 0.15) is 5.75 Å². The van der Waals surface area contributed by atoms with E-state index in [1.165, 1.54) is 0 Å². The summed E-state index contributed by atoms with van der Waals surface area (Å²) in [5, 5.41) is 3.18. The summed E-state index contributed by atoms with van der Waals surface area (Å²) in [4.78, 5) is 14.1. The van der Waals surface area contributed by atoms with Crippen molar-refractivity contribution < 1.29 is 18.3 Å². The summed E-state index contributed by atoms with van der Waals surface area (Å²) in [5.41, 5.74) is 1.61. The molecule has 4 nitrogen and oxygen atoms in total. The molecule has 1 saturated heterocycles. The van der Waals surface area contributed by atoms with Gasteiger partial charge in [0.05, 0.1) is 0 Å². The van der Waals surface area contributed by atoms with E-state index in [0.29, 0.717) is 29.8 Å². The minimum absolute atomic E-state index is 0. The van der Waals surface area contributed by atoms with Crippen LogP contribution in [0, 0.1) is 13.8 Å². The van der Waals surface area contributed by atoms with Crippen molar-refractivity contribution in [3.63, 3.8) is 0 Å². The van der Waals surface area contributed by atoms with Gasteiger partial charge in [-0.1, -0.05) is 0 Å². The summed E-state index contributed by atoms with van der Waals surface area (Å²) in [6, 6.07) is 3.21. The summed E-state index contributed by atoms with van der Waals surface area (Å²) in [7, 11) is 0. The van der Waals surface area contributed by atoms with Crippen molar-refractivity contribution in [3.8, 4) is 5.75 Å². The quantitative estimate of drug-likeness (QED) is 0.929. The minimum Gasteiger partial charge on any atom is -0.434 e. The van der Waals surface area contributed by atoms with Crippen LogP contribution in [-0.2, 0) is 0 Å². The van der Waals surface area contributed by atoms with Crippen molar-refractivity contribution in [2.45, 2.75) is 20.5 Å². The average molecular weight is 321 g/mol. The maximum atomic E-state index is 12.3. The first-order chi connectivity index (χ1) is 9.49. The predicted molar refractivity (Wildman–Crippen MR) is 78.6 cm³/mol. The summed E-state index contributed by atoms with van der Waals surface area (Å²) in [6.07, 6.45) is 0. The third-order valence-electron chi connectivity index (χ3n) is 3.32. The van der Waals surface area contributed by atoms with Crippen LogP contribution < -0.4 is 10.1 Å². The van der Waals surface area contributed by atoms with E-state index in [4.69, 9.17) is 0 Å². The van der Waals surface area contributed by atoms with Crippen LogP contribution in [-0.4, -0.2) is 43.6 Å². The topological polar surface area (TPSA) is 41.6 Å². The normalized spacial score (nSPS) is 14.8. The van der Waals surface area contributed by atoms with E-state index < -0.39 is 6.61 Å². The number of aryl methyl sites for hydroxylation is 2. The Morgan fingerprint density at radius 1 is 1.24 bits per heavy atom. The van der Waals surface area contributed by atoms with E-state index in [1.807, 2.05) is 0 Å². The van der Waals surface area contributed by atoms with Gasteiger partial charge in [0.15, 0.2) is 0 Å². The zero-order valence-corrected chi connectivity index (χ0v) is 12.8. The third kappa shape index (κ3) is 4.28. The van der Waals surface area contributed by atoms with Gasteiger partial charge in [0.2, 0.25) is 0 Å². The number of alkyl halides is 2. The fourth-order valence-corrected chi connectivity index (χ4v) is 2.40. The highest BCUT2D eigenvalue weighted by atomic mass is 35.5. The number of carbonyl (C=O) groups is 1. The Kier molecular flexibility index (Phi) is 6.36. The van der Waals surface area contributed by atoms with Crippen molar-refractivity contribution in [3.05, 3.63) is 28.8 Å². The van der Waals surface area contributed by atoms with Gasteiger partial charge in [-0.05, 0) is 37.1 Å². The number of hydrogen-bond acceptors (Lipinski definition) is 3. The van der Waals surface area contributed by atoms with Crippen LogP contribution in [0.1, 0.15) is 21.5 Å². The standard InChI is InChI=1S/C14H18F2N2O2.ClH/c1-9-7-11(8-10(2)12(9)20-14(15)16)13(19)18-5-3-17-4-6-18;/h7-8,14,17H,3-6H2,1-2H3;1H. The Hall–Kier alpha value is -1.40. The number of piperazine rings is 1. The molecule has 1 fully saturated rings. The smallest absolute Gasteiger partial charge is 0.387 e. The SMILES string of the molecule is Cc1cc(C(=O)N2CCNCC2)cc(C)c1OC(F)F.Cl. The first kappa shape index (κ1) is 17.7. The van der Waals surface area contributed by atoms with Gasteiger partial charge in [-0.15, -0.1) is 12.4 Å². The summed E-state index contributed by atoms with van der Waals surface area (Å²) in [6.45, 7) is 3.34. The van der Waals surface area contributed by atoms with E-state index >= 15 is 0 Å². The van der Waals surface area contributed by atoms with Gasteiger partial charge in [-0.25, -0.2) is 0 Å². The van der Waals surface area contributed by atoms with Crippen LogP contribution in [0.3, 0.4) is 0 Å². The number of nitrogens with one attached hydrogen (secondary N) is 1. The Bertz CT molecular complexity index is 483. The highest BCUT2D eigenvalue weighted by Crippen LogP contribution is 2.27. The second kappa shape index (κ2) is 7.56. The van der Waals surface area contributed by atoms with Gasteiger partial charge in [0.25, 0.3) is 5.91 Å². The number of benzene rings is 1. The Balaban J connectivity index is 0.00000220. The fourth-order valence-electron chi connectivity index (χ4n) is 2.40. The van der Waals surface area contributed by atoms with E-state index in [9.17, 15) is 13.6 Å². The maximum absolute atomic E-state index is 12.3. The van der Waals surface area contributed by atoms with Gasteiger partial charge >= 0.3 is 6.61 Å². The van der Waals surface area contributed by atoms with E-state index in [2.05, 4.69) is 10.1 Å². The molecule has 1 aliphatic heterocycles. The number of amides is 1. The molecule has 21 heavy (non-hydrogen) atoms. The first-order valence-electron chi connectivity index (χ1n) is 6.55. The van der Waals surface area contributed by atoms with Crippen LogP contribution in [0.15, 0.2) is 12.1 Å². The van der Waals surface area contributed by atoms with Crippen molar-refractivity contribution in [1.29, 1.82) is 0 Å². The monoisotopic (exact) mass is 320 g/mol. The molecule has 1 aromatic rings. The van der Waals surface area contributed by atoms with Crippen LogP contribution in [0.4, 0.5) is 8.78 Å². The van der Waals surface area contributed by atoms with Crippen LogP contribution in [0.25, 0.3) is 0 Å². The number of hydrogen-bond donors (Lipinski definition) is 1. The number of ether oxygens (including phenoxy) is 1. The van der Waals surface area contributed by atoms with E-state index in [1.54, 1.807) is 30.9 Å². The number of nitrogens with zero attached hydrogens (tertiary/aromatic N) is 1. The van der Waals surface area contributed by atoms with Crippen LogP contribution in [0.5, 0.6) is 5.75 Å². The van der Waals surface area contributed by atoms with Gasteiger partial charge in [-0.2, -0.15) is 8.78 Å². The molecule has 118 valence electrons. The molecular formula is C14H19ClF2N2O2. The molecular weight excluding hydrogens is 302 g/mol. The molecule has 0 aromatic heterocycles. The largest absolute Gasteiger partial charge is 0.434 e. The molecule has 0 radical (unpaired) electrons. The first-order valence-corrected chi connectivity index (χ1v) is 6.55. The number of halogens is 3. The van der Waals surface area contributed by atoms with Gasteiger partial charge in [-0.3, -0.25) is 4.79 Å². The maximum Gasteiger partial charge on any atom is 0.387 e. The molecule has 2 rings (SSSR count). The zero-order valence-electron chi connectivity index (χ0n) is 12.0. The summed E-state index contributed by atoms with van der Waals surface area (Å²) >= 11 is 0. The lowest BCUT2D eigenvalue weighted by molar-refractivity contribution is -0.0507. The second-order valence-corrected chi connectivity index (χ2v) is 4.86. The average Bonchev–Trinajstić information content (AvgIpc) is 2.42. The molecule has 0 aliphatic carbocycles. The number of rotatable bonds is 3. The molecule has 0 atom stereocenters. The Morgan fingerprint density at radius 2 is 1.76 bits per heavy atom. The van der Waals surface area contributed by atoms with Crippen molar-refractivity contribution in [2.75, 3.05) is 26.2 Å². The van der Waals surface area contributed by atoms with Crippen LogP contribution >= 0.6 is 12.4 Å². The highest BCUT2D eigenvalue weighted by Gasteiger charge is 2.20. The number of carbonyl (C=O) groups excluding carboxylic acids is 1. The molecule has 1 aliphatic rings. The predicted octanol–water partition coefficient (Wildman–Crippen LogP) is 2.37. The molecule has 1 aromatic carbocycles. The zero-order chi connectivity index (χ0) is 14.7. The second-order valence-electron chi connectivity index (χ2n) is 4.86. The molecule has 1 N–H and O–H groups in total. The fraction of sp³-hybridized carbons (Fsp3) is 0.500. The summed E-state index contributed by atoms with van der Waals surface area (Å²) < 4.78 is 29.1. The molecule has 1 heterocycles. The Labute approximate surface area is 128 Å². The molecule has 0 bridgehead atoms. The van der Waals surface area contributed by atoms with E-state index in [0.717, 1.165) is 13.1 Å². The molecule has 0 unspecified atom stereocenters. The lowest BCUT2D eigenvalue weighted by Crippen LogP contribution is -2.46. The van der Waals surface area contributed by atoms with Gasteiger partial charge < -0.3 is 15.0 Å². The highest BCUT2D eigenvalue weighted by molar-refractivity contribution is 5.95. The van der Waals surface area contributed by atoms with Crippen molar-refractivity contribution >= 4 is 18.3 Å². The minimum atomic E-state index is -2.86. The Morgan fingerprint density at radius 3 is 2.24 bits per heavy atom. The molecule has 0 saturated carbocycles. The molecule has 0 spiro atoms. The van der Waals surface area contributed by atoms with Crippen molar-refractivity contribution in [2.24, 2.45) is 0 Å². The third-order valence-corrected chi connectivity index (χ3v) is 3.32. The van der Waals surface area contributed by atoms with Crippen LogP contribution in [0.2, 0.25) is 0 Å². The lowest BCUT2D eigenvalue weighted by atomic mass is 10.0. The van der Waals surface area contributed by atoms with Gasteiger partial charge in [0, 0.05) is 31.7 Å². The summed E-state index contributed by atoms with van der Waals surface area (Å²) in [5.74, 6) is 0.0816. The lowest BCUT2D eigenvalue weighted by Gasteiger charge is -2.27. The van der Waals surface area contributed by atoms with Crippen molar-refractivity contribution in [1.82, 2.24) is 10.2 Å². The van der Waals surface area contributed by atoms with E-state index in [-0.39, 0.29) is 24.1 Å². The molecule has 7 heteroatoms. The molecule has 1 amide bonds.